The Morgan fingerprint density at radius 2 is 1.97 bits per heavy atom. The van der Waals surface area contributed by atoms with Crippen LogP contribution in [0.1, 0.15) is 12.8 Å². The van der Waals surface area contributed by atoms with E-state index in [0.717, 1.165) is 0 Å². The Hall–Kier alpha value is -2.98. The second-order valence-corrected chi connectivity index (χ2v) is 8.50. The third-order valence-electron chi connectivity index (χ3n) is 3.72. The molecule has 0 aliphatic rings. The fourth-order valence-electron chi connectivity index (χ4n) is 2.37. The van der Waals surface area contributed by atoms with Crippen molar-refractivity contribution in [3.05, 3.63) is 65.9 Å². The Labute approximate surface area is 171 Å². The Morgan fingerprint density at radius 3 is 2.66 bits per heavy atom. The smallest absolute Gasteiger partial charge is 0.263 e. The summed E-state index contributed by atoms with van der Waals surface area (Å²) in [6, 6.07) is 11.6. The summed E-state index contributed by atoms with van der Waals surface area (Å²) in [4.78, 5) is 16.0. The normalized spacial score (nSPS) is 11.1. The van der Waals surface area contributed by atoms with Gasteiger partial charge in [-0.1, -0.05) is 6.07 Å². The summed E-state index contributed by atoms with van der Waals surface area (Å²) in [5.74, 6) is -0.203. The zero-order chi connectivity index (χ0) is 20.7. The number of hydrogen-bond acceptors (Lipinski definition) is 6. The van der Waals surface area contributed by atoms with Crippen LogP contribution in [0.5, 0.6) is 5.75 Å². The number of nitrogens with one attached hydrogen (secondary N) is 2. The quantitative estimate of drug-likeness (QED) is 0.497. The topological polar surface area (TPSA) is 97.4 Å². The van der Waals surface area contributed by atoms with Crippen molar-refractivity contribution < 1.29 is 22.3 Å². The van der Waals surface area contributed by atoms with E-state index in [1.807, 2.05) is 0 Å². The summed E-state index contributed by atoms with van der Waals surface area (Å²) < 4.78 is 45.4. The number of aromatic nitrogens is 1. The SMILES string of the molecule is O=C(CCCOc1cccc(F)c1)Nc1ccc(S(=O)(=O)Nc2nccs2)cc1. The molecular formula is C19H18FN3O4S2. The lowest BCUT2D eigenvalue weighted by molar-refractivity contribution is -0.116. The number of nitrogens with zero attached hydrogens (tertiary/aromatic N) is 1. The van der Waals surface area contributed by atoms with Gasteiger partial charge in [-0.05, 0) is 42.8 Å². The van der Waals surface area contributed by atoms with E-state index in [-0.39, 0.29) is 34.8 Å². The van der Waals surface area contributed by atoms with E-state index in [2.05, 4.69) is 15.0 Å². The van der Waals surface area contributed by atoms with Gasteiger partial charge in [0.1, 0.15) is 11.6 Å². The van der Waals surface area contributed by atoms with E-state index < -0.39 is 10.0 Å². The van der Waals surface area contributed by atoms with Gasteiger partial charge in [-0.25, -0.2) is 17.8 Å². The van der Waals surface area contributed by atoms with Crippen LogP contribution >= 0.6 is 11.3 Å². The van der Waals surface area contributed by atoms with Crippen molar-refractivity contribution in [3.8, 4) is 5.75 Å². The van der Waals surface area contributed by atoms with E-state index in [0.29, 0.717) is 17.9 Å². The molecule has 0 unspecified atom stereocenters. The molecule has 7 nitrogen and oxygen atoms in total. The first-order chi connectivity index (χ1) is 13.9. The van der Waals surface area contributed by atoms with E-state index >= 15 is 0 Å². The van der Waals surface area contributed by atoms with Gasteiger partial charge in [0.05, 0.1) is 11.5 Å². The molecule has 3 rings (SSSR count). The average Bonchev–Trinajstić information content (AvgIpc) is 3.18. The predicted octanol–water partition coefficient (Wildman–Crippen LogP) is 3.88. The molecule has 0 bridgehead atoms. The monoisotopic (exact) mass is 435 g/mol. The Morgan fingerprint density at radius 1 is 1.17 bits per heavy atom. The van der Waals surface area contributed by atoms with Gasteiger partial charge in [-0.2, -0.15) is 0 Å². The standard InChI is InChI=1S/C19H18FN3O4S2/c20-14-3-1-4-16(13-14)27-11-2-5-18(24)22-15-6-8-17(9-7-15)29(25,26)23-19-21-10-12-28-19/h1,3-4,6-10,12-13H,2,5,11H2,(H,21,23)(H,22,24). The first-order valence-corrected chi connectivity index (χ1v) is 11.0. The second kappa shape index (κ2) is 9.48. The van der Waals surface area contributed by atoms with Gasteiger partial charge < -0.3 is 10.1 Å². The minimum atomic E-state index is -3.73. The molecule has 0 radical (unpaired) electrons. The number of rotatable bonds is 9. The summed E-state index contributed by atoms with van der Waals surface area (Å²) in [5, 5.41) is 4.64. The van der Waals surface area contributed by atoms with Crippen LogP contribution in [0, 0.1) is 5.82 Å². The molecule has 0 saturated carbocycles. The minimum absolute atomic E-state index is 0.0641. The molecule has 0 spiro atoms. The van der Waals surface area contributed by atoms with Crippen molar-refractivity contribution >= 4 is 38.1 Å². The molecule has 3 aromatic rings. The third kappa shape index (κ3) is 6.26. The molecule has 1 heterocycles. The van der Waals surface area contributed by atoms with Crippen molar-refractivity contribution in [3.63, 3.8) is 0 Å². The van der Waals surface area contributed by atoms with Gasteiger partial charge >= 0.3 is 0 Å². The van der Waals surface area contributed by atoms with E-state index in [1.165, 1.54) is 53.9 Å². The Balaban J connectivity index is 1.46. The first-order valence-electron chi connectivity index (χ1n) is 8.63. The van der Waals surface area contributed by atoms with Gasteiger partial charge in [0.25, 0.3) is 10.0 Å². The largest absolute Gasteiger partial charge is 0.493 e. The zero-order valence-corrected chi connectivity index (χ0v) is 16.8. The van der Waals surface area contributed by atoms with Crippen LogP contribution in [0.15, 0.2) is 65.0 Å². The highest BCUT2D eigenvalue weighted by molar-refractivity contribution is 7.93. The lowest BCUT2D eigenvalue weighted by Gasteiger charge is -2.09. The lowest BCUT2D eigenvalue weighted by Crippen LogP contribution is -2.14. The van der Waals surface area contributed by atoms with Crippen molar-refractivity contribution in [1.82, 2.24) is 4.98 Å². The number of sulfonamides is 1. The predicted molar refractivity (Wildman–Crippen MR) is 109 cm³/mol. The van der Waals surface area contributed by atoms with Crippen molar-refractivity contribution in [2.24, 2.45) is 0 Å². The third-order valence-corrected chi connectivity index (χ3v) is 5.89. The Kier molecular flexibility index (Phi) is 6.78. The highest BCUT2D eigenvalue weighted by Crippen LogP contribution is 2.19. The van der Waals surface area contributed by atoms with Gasteiger partial charge in [0, 0.05) is 29.8 Å². The molecule has 0 atom stereocenters. The Bertz CT molecular complexity index is 1060. The zero-order valence-electron chi connectivity index (χ0n) is 15.2. The molecule has 0 fully saturated rings. The van der Waals surface area contributed by atoms with Crippen LogP contribution in [0.4, 0.5) is 15.2 Å². The number of carbonyl (C=O) groups is 1. The molecule has 10 heteroatoms. The summed E-state index contributed by atoms with van der Waals surface area (Å²) in [7, 11) is -3.73. The molecule has 0 aliphatic carbocycles. The molecule has 0 aliphatic heterocycles. The van der Waals surface area contributed by atoms with Crippen LogP contribution in [-0.2, 0) is 14.8 Å². The van der Waals surface area contributed by atoms with Gasteiger partial charge in [0.2, 0.25) is 5.91 Å². The average molecular weight is 436 g/mol. The van der Waals surface area contributed by atoms with Gasteiger partial charge in [0.15, 0.2) is 5.13 Å². The summed E-state index contributed by atoms with van der Waals surface area (Å²) >= 11 is 1.18. The molecule has 152 valence electrons. The van der Waals surface area contributed by atoms with Gasteiger partial charge in [-0.3, -0.25) is 9.52 Å². The fourth-order valence-corrected chi connectivity index (χ4v) is 4.16. The van der Waals surface area contributed by atoms with Crippen molar-refractivity contribution in [2.75, 3.05) is 16.6 Å². The van der Waals surface area contributed by atoms with Gasteiger partial charge in [-0.15, -0.1) is 11.3 Å². The number of benzene rings is 2. The summed E-state index contributed by atoms with van der Waals surface area (Å²) in [6.07, 6.45) is 2.16. The number of carbonyl (C=O) groups excluding carboxylic acids is 1. The fraction of sp³-hybridized carbons (Fsp3) is 0.158. The molecule has 2 aromatic carbocycles. The van der Waals surface area contributed by atoms with E-state index in [1.54, 1.807) is 17.5 Å². The second-order valence-electron chi connectivity index (χ2n) is 5.92. The molecule has 2 N–H and O–H groups in total. The molecular weight excluding hydrogens is 417 g/mol. The number of halogens is 1. The number of amides is 1. The maximum absolute atomic E-state index is 13.1. The highest BCUT2D eigenvalue weighted by Gasteiger charge is 2.15. The number of thiazole rings is 1. The molecule has 1 aromatic heterocycles. The van der Waals surface area contributed by atoms with Crippen molar-refractivity contribution in [2.45, 2.75) is 17.7 Å². The maximum atomic E-state index is 13.1. The van der Waals surface area contributed by atoms with Crippen LogP contribution in [0.3, 0.4) is 0 Å². The minimum Gasteiger partial charge on any atom is -0.493 e. The summed E-state index contributed by atoms with van der Waals surface area (Å²) in [5.41, 5.74) is 0.481. The van der Waals surface area contributed by atoms with Crippen molar-refractivity contribution in [1.29, 1.82) is 0 Å². The molecule has 0 saturated heterocycles. The highest BCUT2D eigenvalue weighted by atomic mass is 32.2. The van der Waals surface area contributed by atoms with Crippen LogP contribution in [0.2, 0.25) is 0 Å². The number of ether oxygens (including phenoxy) is 1. The maximum Gasteiger partial charge on any atom is 0.263 e. The lowest BCUT2D eigenvalue weighted by atomic mass is 10.2. The van der Waals surface area contributed by atoms with Crippen LogP contribution in [0.25, 0.3) is 0 Å². The number of hydrogen-bond donors (Lipinski definition) is 2. The first kappa shape index (κ1) is 20.7. The van der Waals surface area contributed by atoms with Crippen LogP contribution in [-0.4, -0.2) is 25.9 Å². The number of anilines is 2. The molecule has 1 amide bonds. The summed E-state index contributed by atoms with van der Waals surface area (Å²) in [6.45, 7) is 0.274. The van der Waals surface area contributed by atoms with Crippen LogP contribution < -0.4 is 14.8 Å². The van der Waals surface area contributed by atoms with E-state index in [9.17, 15) is 17.6 Å². The van der Waals surface area contributed by atoms with E-state index in [4.69, 9.17) is 4.74 Å². The molecule has 29 heavy (non-hydrogen) atoms.